The number of halogens is 1. The van der Waals surface area contributed by atoms with Crippen molar-refractivity contribution in [2.75, 3.05) is 20.2 Å². The molecule has 2 fully saturated rings. The second kappa shape index (κ2) is 7.59. The highest BCUT2D eigenvalue weighted by Gasteiger charge is 2.53. The molecule has 2 aliphatic rings. The van der Waals surface area contributed by atoms with E-state index in [1.165, 1.54) is 12.7 Å². The number of ether oxygens (including phenoxy) is 1. The summed E-state index contributed by atoms with van der Waals surface area (Å²) < 4.78 is 4.75. The van der Waals surface area contributed by atoms with Crippen LogP contribution in [0.5, 0.6) is 0 Å². The smallest absolute Gasteiger partial charge is 0.337 e. The summed E-state index contributed by atoms with van der Waals surface area (Å²) in [6.45, 7) is 1.55. The van der Waals surface area contributed by atoms with Crippen molar-refractivity contribution in [2.24, 2.45) is 0 Å². The molecule has 1 heterocycles. The van der Waals surface area contributed by atoms with E-state index in [0.717, 1.165) is 44.3 Å². The Morgan fingerprint density at radius 2 is 1.61 bits per heavy atom. The number of hydrogen-bond donors (Lipinski definition) is 0. The van der Waals surface area contributed by atoms with Crippen molar-refractivity contribution in [3.05, 3.63) is 70.2 Å². The monoisotopic (exact) mass is 397 g/mol. The number of benzene rings is 2. The van der Waals surface area contributed by atoms with E-state index in [0.29, 0.717) is 16.5 Å². The fourth-order valence-corrected chi connectivity index (χ4v) is 4.37. The summed E-state index contributed by atoms with van der Waals surface area (Å²) in [6, 6.07) is 15.4. The number of likely N-dealkylation sites (tertiary alicyclic amines) is 1. The van der Waals surface area contributed by atoms with E-state index in [1.54, 1.807) is 0 Å². The maximum Gasteiger partial charge on any atom is 0.337 e. The summed E-state index contributed by atoms with van der Waals surface area (Å²) in [4.78, 5) is 26.8. The molecule has 1 amide bonds. The normalized spacial score (nSPS) is 18.6. The van der Waals surface area contributed by atoms with Crippen LogP contribution < -0.4 is 0 Å². The van der Waals surface area contributed by atoms with E-state index in [2.05, 4.69) is 0 Å². The lowest BCUT2D eigenvalue weighted by Crippen LogP contribution is -2.43. The van der Waals surface area contributed by atoms with Gasteiger partial charge in [0.05, 0.1) is 18.1 Å². The largest absolute Gasteiger partial charge is 0.465 e. The average Bonchev–Trinajstić information content (AvgIpc) is 3.55. The molecule has 4 rings (SSSR count). The molecule has 0 N–H and O–H groups in total. The molecular formula is C23H24ClNO3. The van der Waals surface area contributed by atoms with Crippen LogP contribution in [0.1, 0.15) is 53.1 Å². The molecule has 1 saturated heterocycles. The zero-order chi connectivity index (χ0) is 19.7. The van der Waals surface area contributed by atoms with Crippen LogP contribution in [0, 0.1) is 0 Å². The minimum absolute atomic E-state index is 0.259. The number of carbonyl (C=O) groups is 2. The first-order valence-corrected chi connectivity index (χ1v) is 10.1. The van der Waals surface area contributed by atoms with Crippen molar-refractivity contribution >= 4 is 23.5 Å². The highest BCUT2D eigenvalue weighted by atomic mass is 35.5. The maximum atomic E-state index is 13.2. The molecule has 0 aromatic heterocycles. The Bertz CT molecular complexity index is 864. The van der Waals surface area contributed by atoms with Gasteiger partial charge in [0, 0.05) is 18.1 Å². The van der Waals surface area contributed by atoms with E-state index < -0.39 is 0 Å². The van der Waals surface area contributed by atoms with Crippen molar-refractivity contribution in [3.63, 3.8) is 0 Å². The topological polar surface area (TPSA) is 46.6 Å². The highest BCUT2D eigenvalue weighted by Crippen LogP contribution is 2.50. The molecule has 0 bridgehead atoms. The summed E-state index contributed by atoms with van der Waals surface area (Å²) in [5.41, 5.74) is 2.54. The lowest BCUT2D eigenvalue weighted by atomic mass is 9.87. The molecule has 0 radical (unpaired) electrons. The van der Waals surface area contributed by atoms with Crippen molar-refractivity contribution in [1.82, 2.24) is 4.90 Å². The first-order chi connectivity index (χ1) is 13.5. The number of hydrogen-bond acceptors (Lipinski definition) is 3. The maximum absolute atomic E-state index is 13.2. The van der Waals surface area contributed by atoms with Gasteiger partial charge >= 0.3 is 5.97 Å². The van der Waals surface area contributed by atoms with Crippen LogP contribution in [-0.2, 0) is 14.9 Å². The van der Waals surface area contributed by atoms with Gasteiger partial charge in [-0.05, 0) is 67.0 Å². The second-order valence-corrected chi connectivity index (χ2v) is 8.21. The Morgan fingerprint density at radius 3 is 2.14 bits per heavy atom. The first-order valence-electron chi connectivity index (χ1n) is 9.77. The summed E-state index contributed by atoms with van der Waals surface area (Å²) in [6.07, 6.45) is 3.73. The molecule has 28 heavy (non-hydrogen) atoms. The van der Waals surface area contributed by atoms with E-state index in [-0.39, 0.29) is 17.3 Å². The number of esters is 1. The number of methoxy groups -OCH3 is 1. The minimum Gasteiger partial charge on any atom is -0.465 e. The molecule has 0 atom stereocenters. The molecule has 0 spiro atoms. The Kier molecular flexibility index (Phi) is 5.15. The van der Waals surface area contributed by atoms with Gasteiger partial charge in [0.2, 0.25) is 5.91 Å². The first kappa shape index (κ1) is 19.0. The predicted molar refractivity (Wildman–Crippen MR) is 109 cm³/mol. The molecule has 1 saturated carbocycles. The van der Waals surface area contributed by atoms with Crippen LogP contribution in [0.15, 0.2) is 48.5 Å². The predicted octanol–water partition coefficient (Wildman–Crippen LogP) is 4.56. The Morgan fingerprint density at radius 1 is 1.00 bits per heavy atom. The third kappa shape index (κ3) is 3.53. The Hall–Kier alpha value is -2.33. The second-order valence-electron chi connectivity index (χ2n) is 7.77. The third-order valence-corrected chi connectivity index (χ3v) is 6.39. The van der Waals surface area contributed by atoms with Gasteiger partial charge in [-0.3, -0.25) is 4.79 Å². The van der Waals surface area contributed by atoms with Gasteiger partial charge in [-0.25, -0.2) is 4.79 Å². The quantitative estimate of drug-likeness (QED) is 0.710. The summed E-state index contributed by atoms with van der Waals surface area (Å²) >= 11 is 6.00. The van der Waals surface area contributed by atoms with Gasteiger partial charge in [0.25, 0.3) is 0 Å². The molecular weight excluding hydrogens is 374 g/mol. The standard InChI is InChI=1S/C23H24ClNO3/c1-28-21(26)18-4-2-16(3-5-18)17-10-14-25(15-11-17)22(27)23(12-13-23)19-6-8-20(24)9-7-19/h2-9,17H,10-15H2,1H3. The van der Waals surface area contributed by atoms with Crippen LogP contribution in [0.2, 0.25) is 5.02 Å². The zero-order valence-electron chi connectivity index (χ0n) is 16.0. The SMILES string of the molecule is COC(=O)c1ccc(C2CCN(C(=O)C3(c4ccc(Cl)cc4)CC3)CC2)cc1. The molecule has 4 nitrogen and oxygen atoms in total. The Labute approximate surface area is 170 Å². The van der Waals surface area contributed by atoms with Crippen molar-refractivity contribution in [2.45, 2.75) is 37.0 Å². The number of rotatable bonds is 4. The third-order valence-electron chi connectivity index (χ3n) is 6.14. The summed E-state index contributed by atoms with van der Waals surface area (Å²) in [5.74, 6) is 0.361. The van der Waals surface area contributed by atoms with Crippen LogP contribution >= 0.6 is 11.6 Å². The lowest BCUT2D eigenvalue weighted by Gasteiger charge is -2.35. The molecule has 2 aromatic rings. The van der Waals surface area contributed by atoms with Gasteiger partial charge in [0.1, 0.15) is 0 Å². The highest BCUT2D eigenvalue weighted by molar-refractivity contribution is 6.30. The average molecular weight is 398 g/mol. The number of amides is 1. The molecule has 146 valence electrons. The molecule has 0 unspecified atom stereocenters. The van der Waals surface area contributed by atoms with E-state index in [4.69, 9.17) is 16.3 Å². The fourth-order valence-electron chi connectivity index (χ4n) is 4.25. The summed E-state index contributed by atoms with van der Waals surface area (Å²) in [7, 11) is 1.39. The van der Waals surface area contributed by atoms with Crippen molar-refractivity contribution < 1.29 is 14.3 Å². The zero-order valence-corrected chi connectivity index (χ0v) is 16.7. The van der Waals surface area contributed by atoms with E-state index >= 15 is 0 Å². The minimum atomic E-state index is -0.334. The Balaban J connectivity index is 1.39. The van der Waals surface area contributed by atoms with Gasteiger partial charge in [-0.2, -0.15) is 0 Å². The van der Waals surface area contributed by atoms with Crippen LogP contribution in [0.3, 0.4) is 0 Å². The van der Waals surface area contributed by atoms with Gasteiger partial charge in [-0.1, -0.05) is 35.9 Å². The van der Waals surface area contributed by atoms with Crippen LogP contribution in [-0.4, -0.2) is 37.0 Å². The number of carbonyl (C=O) groups excluding carboxylic acids is 2. The summed E-state index contributed by atoms with van der Waals surface area (Å²) in [5, 5.41) is 0.700. The lowest BCUT2D eigenvalue weighted by molar-refractivity contribution is -0.135. The van der Waals surface area contributed by atoms with Crippen molar-refractivity contribution in [3.8, 4) is 0 Å². The van der Waals surface area contributed by atoms with Crippen LogP contribution in [0.25, 0.3) is 0 Å². The van der Waals surface area contributed by atoms with E-state index in [9.17, 15) is 9.59 Å². The van der Waals surface area contributed by atoms with Crippen LogP contribution in [0.4, 0.5) is 0 Å². The number of nitrogens with zero attached hydrogens (tertiary/aromatic N) is 1. The van der Waals surface area contributed by atoms with Gasteiger partial charge in [-0.15, -0.1) is 0 Å². The number of piperidine rings is 1. The fraction of sp³-hybridized carbons (Fsp3) is 0.391. The molecule has 5 heteroatoms. The molecule has 1 aliphatic heterocycles. The van der Waals surface area contributed by atoms with Gasteiger partial charge < -0.3 is 9.64 Å². The van der Waals surface area contributed by atoms with E-state index in [1.807, 2.05) is 53.4 Å². The van der Waals surface area contributed by atoms with Gasteiger partial charge in [0.15, 0.2) is 0 Å². The molecule has 1 aliphatic carbocycles. The van der Waals surface area contributed by atoms with Crippen molar-refractivity contribution in [1.29, 1.82) is 0 Å². The molecule has 2 aromatic carbocycles.